The molecule has 0 spiro atoms. The molecule has 0 radical (unpaired) electrons. The Morgan fingerprint density at radius 1 is 1.26 bits per heavy atom. The van der Waals surface area contributed by atoms with Gasteiger partial charge in [-0.1, -0.05) is 0 Å². The van der Waals surface area contributed by atoms with E-state index < -0.39 is 33.1 Å². The van der Waals surface area contributed by atoms with E-state index in [2.05, 4.69) is 10.3 Å². The van der Waals surface area contributed by atoms with Crippen LogP contribution in [0, 0.1) is 10.1 Å². The third-order valence-electron chi connectivity index (χ3n) is 5.45. The minimum Gasteiger partial charge on any atom is -0.445 e. The van der Waals surface area contributed by atoms with Crippen LogP contribution in [0.15, 0.2) is 34.9 Å². The Morgan fingerprint density at radius 2 is 1.97 bits per heavy atom. The van der Waals surface area contributed by atoms with Crippen molar-refractivity contribution in [2.75, 3.05) is 37.3 Å². The lowest BCUT2D eigenvalue weighted by molar-refractivity contribution is -0.384. The first-order chi connectivity index (χ1) is 16.6. The number of oxazole rings is 1. The number of nitrogens with one attached hydrogen (secondary N) is 1. The molecule has 0 aliphatic carbocycles. The SMILES string of the molecule is CS(=O)(=O)OC1CN(c2nc(C(=O)NC3CCN(C(=O)OCc4ccc([N+](=O)[O-])cc4)C3)co2)C1. The lowest BCUT2D eigenvalue weighted by Gasteiger charge is -2.36. The van der Waals surface area contributed by atoms with Crippen LogP contribution in [0.3, 0.4) is 0 Å². The van der Waals surface area contributed by atoms with Crippen molar-refractivity contribution in [3.05, 3.63) is 51.9 Å². The molecule has 1 aromatic carbocycles. The van der Waals surface area contributed by atoms with E-state index in [-0.39, 0.29) is 49.7 Å². The summed E-state index contributed by atoms with van der Waals surface area (Å²) < 4.78 is 37.7. The van der Waals surface area contributed by atoms with Crippen LogP contribution in [0.25, 0.3) is 0 Å². The molecule has 15 heteroatoms. The Bertz CT molecular complexity index is 1210. The summed E-state index contributed by atoms with van der Waals surface area (Å²) in [6, 6.07) is 5.60. The fourth-order valence-electron chi connectivity index (χ4n) is 3.67. The number of ether oxygens (including phenoxy) is 1. The summed E-state index contributed by atoms with van der Waals surface area (Å²) >= 11 is 0. The summed E-state index contributed by atoms with van der Waals surface area (Å²) in [6.07, 6.45) is 1.68. The summed E-state index contributed by atoms with van der Waals surface area (Å²) in [5, 5.41) is 13.5. The Balaban J connectivity index is 1.21. The second-order valence-corrected chi connectivity index (χ2v) is 9.83. The topological polar surface area (TPSA) is 174 Å². The number of aromatic nitrogens is 1. The third-order valence-corrected chi connectivity index (χ3v) is 6.07. The van der Waals surface area contributed by atoms with E-state index in [4.69, 9.17) is 13.3 Å². The first kappa shape index (κ1) is 24.4. The smallest absolute Gasteiger partial charge is 0.410 e. The molecular weight excluding hydrogens is 486 g/mol. The highest BCUT2D eigenvalue weighted by molar-refractivity contribution is 7.86. The van der Waals surface area contributed by atoms with Gasteiger partial charge in [-0.25, -0.2) is 4.79 Å². The maximum absolute atomic E-state index is 12.5. The van der Waals surface area contributed by atoms with Crippen LogP contribution in [0.2, 0.25) is 0 Å². The number of benzene rings is 1. The predicted octanol–water partition coefficient (Wildman–Crippen LogP) is 0.889. The van der Waals surface area contributed by atoms with Crippen molar-refractivity contribution in [1.29, 1.82) is 0 Å². The van der Waals surface area contributed by atoms with Gasteiger partial charge >= 0.3 is 6.09 Å². The van der Waals surface area contributed by atoms with E-state index in [9.17, 15) is 28.1 Å². The second kappa shape index (κ2) is 9.87. The molecule has 2 aliphatic heterocycles. The number of nitro benzene ring substituents is 1. The second-order valence-electron chi connectivity index (χ2n) is 8.23. The molecule has 3 heterocycles. The molecule has 0 saturated carbocycles. The van der Waals surface area contributed by atoms with Crippen molar-refractivity contribution in [1.82, 2.24) is 15.2 Å². The van der Waals surface area contributed by atoms with Crippen molar-refractivity contribution in [2.45, 2.75) is 25.2 Å². The van der Waals surface area contributed by atoms with Gasteiger partial charge in [-0.15, -0.1) is 0 Å². The van der Waals surface area contributed by atoms with Crippen LogP contribution < -0.4 is 10.2 Å². The molecule has 0 bridgehead atoms. The van der Waals surface area contributed by atoms with Crippen LogP contribution in [-0.2, 0) is 25.6 Å². The highest BCUT2D eigenvalue weighted by atomic mass is 32.2. The zero-order chi connectivity index (χ0) is 25.2. The number of amides is 2. The average Bonchev–Trinajstić information content (AvgIpc) is 3.44. The Hall–Kier alpha value is -3.72. The minimum atomic E-state index is -3.55. The van der Waals surface area contributed by atoms with Crippen LogP contribution in [0.5, 0.6) is 0 Å². The summed E-state index contributed by atoms with van der Waals surface area (Å²) in [6.45, 7) is 1.16. The van der Waals surface area contributed by atoms with E-state index in [0.29, 0.717) is 18.5 Å². The highest BCUT2D eigenvalue weighted by Gasteiger charge is 2.34. The van der Waals surface area contributed by atoms with Gasteiger partial charge in [0.05, 0.1) is 24.3 Å². The van der Waals surface area contributed by atoms with Gasteiger partial charge in [0.2, 0.25) is 0 Å². The Morgan fingerprint density at radius 3 is 2.63 bits per heavy atom. The summed E-state index contributed by atoms with van der Waals surface area (Å²) in [7, 11) is -3.55. The van der Waals surface area contributed by atoms with E-state index in [1.165, 1.54) is 35.4 Å². The maximum Gasteiger partial charge on any atom is 0.410 e. The number of hydrogen-bond acceptors (Lipinski definition) is 11. The molecule has 1 N–H and O–H groups in total. The molecule has 1 aromatic heterocycles. The summed E-state index contributed by atoms with van der Waals surface area (Å²) in [5.41, 5.74) is 0.630. The van der Waals surface area contributed by atoms with Crippen molar-refractivity contribution in [3.8, 4) is 0 Å². The van der Waals surface area contributed by atoms with Gasteiger partial charge in [0.15, 0.2) is 5.69 Å². The first-order valence-electron chi connectivity index (χ1n) is 10.6. The number of nitrogens with zero attached hydrogens (tertiary/aromatic N) is 4. The largest absolute Gasteiger partial charge is 0.445 e. The van der Waals surface area contributed by atoms with Gasteiger partial charge in [0.1, 0.15) is 19.0 Å². The molecule has 188 valence electrons. The fourth-order valence-corrected chi connectivity index (χ4v) is 4.29. The normalized spacial score (nSPS) is 18.3. The van der Waals surface area contributed by atoms with Gasteiger partial charge < -0.3 is 24.3 Å². The van der Waals surface area contributed by atoms with Crippen LogP contribution >= 0.6 is 0 Å². The van der Waals surface area contributed by atoms with E-state index >= 15 is 0 Å². The number of likely N-dealkylation sites (tertiary alicyclic amines) is 1. The maximum atomic E-state index is 12.5. The zero-order valence-corrected chi connectivity index (χ0v) is 19.5. The molecule has 1 atom stereocenters. The molecule has 2 fully saturated rings. The lowest BCUT2D eigenvalue weighted by Crippen LogP contribution is -2.53. The summed E-state index contributed by atoms with van der Waals surface area (Å²) in [5.74, 6) is -0.462. The van der Waals surface area contributed by atoms with Crippen LogP contribution in [0.4, 0.5) is 16.5 Å². The van der Waals surface area contributed by atoms with Crippen molar-refractivity contribution >= 4 is 33.8 Å². The van der Waals surface area contributed by atoms with Crippen LogP contribution in [0.1, 0.15) is 22.5 Å². The average molecular weight is 509 g/mol. The van der Waals surface area contributed by atoms with E-state index in [1.807, 2.05) is 0 Å². The molecule has 35 heavy (non-hydrogen) atoms. The van der Waals surface area contributed by atoms with Gasteiger partial charge in [-0.3, -0.25) is 19.1 Å². The molecule has 2 saturated heterocycles. The molecule has 2 aliphatic rings. The van der Waals surface area contributed by atoms with Crippen molar-refractivity contribution in [2.24, 2.45) is 0 Å². The van der Waals surface area contributed by atoms with Crippen LogP contribution in [-0.4, -0.2) is 79.8 Å². The molecule has 4 rings (SSSR count). The zero-order valence-electron chi connectivity index (χ0n) is 18.7. The number of anilines is 1. The Labute approximate surface area is 200 Å². The van der Waals surface area contributed by atoms with Gasteiger partial charge in [0.25, 0.3) is 27.7 Å². The lowest BCUT2D eigenvalue weighted by atomic mass is 10.2. The van der Waals surface area contributed by atoms with Gasteiger partial charge in [-0.2, -0.15) is 13.4 Å². The number of rotatable bonds is 8. The molecular formula is C20H23N5O9S. The fraction of sp³-hybridized carbons (Fsp3) is 0.450. The van der Waals surface area contributed by atoms with Gasteiger partial charge in [0, 0.05) is 31.3 Å². The minimum absolute atomic E-state index is 0.0291. The predicted molar refractivity (Wildman–Crippen MR) is 119 cm³/mol. The van der Waals surface area contributed by atoms with E-state index in [1.54, 1.807) is 4.90 Å². The Kier molecular flexibility index (Phi) is 6.88. The van der Waals surface area contributed by atoms with Crippen molar-refractivity contribution < 1.29 is 36.3 Å². The summed E-state index contributed by atoms with van der Waals surface area (Å²) in [4.78, 5) is 42.3. The van der Waals surface area contributed by atoms with Crippen molar-refractivity contribution in [3.63, 3.8) is 0 Å². The number of carbonyl (C=O) groups excluding carboxylic acids is 2. The standard InChI is InChI=1S/C20H23N5O9S/c1-35(30,31)34-16-9-24(10-16)19-22-17(12-32-19)18(26)21-14-6-7-23(8-14)20(27)33-11-13-2-4-15(5-3-13)25(28)29/h2-5,12,14,16H,6-11H2,1H3,(H,21,26). The number of non-ortho nitro benzene ring substituents is 1. The monoisotopic (exact) mass is 509 g/mol. The number of hydrogen-bond donors (Lipinski definition) is 1. The molecule has 2 amide bonds. The van der Waals surface area contributed by atoms with Gasteiger partial charge in [-0.05, 0) is 24.1 Å². The molecule has 14 nitrogen and oxygen atoms in total. The number of nitro groups is 1. The molecule has 1 unspecified atom stereocenters. The molecule has 2 aromatic rings. The third kappa shape index (κ3) is 6.24. The first-order valence-corrected chi connectivity index (χ1v) is 12.4. The van der Waals surface area contributed by atoms with E-state index in [0.717, 1.165) is 6.26 Å². The number of carbonyl (C=O) groups is 2. The quantitative estimate of drug-likeness (QED) is 0.304. The highest BCUT2D eigenvalue weighted by Crippen LogP contribution is 2.23.